The second kappa shape index (κ2) is 8.04. The van der Waals surface area contributed by atoms with Crippen molar-refractivity contribution in [3.8, 4) is 5.75 Å². The zero-order valence-corrected chi connectivity index (χ0v) is 15.6. The van der Waals surface area contributed by atoms with Gasteiger partial charge in [-0.15, -0.1) is 0 Å². The Labute approximate surface area is 138 Å². The molecule has 0 aliphatic rings. The molecule has 1 heteroatoms. The molecule has 1 nitrogen and oxygen atoms in total. The topological polar surface area (TPSA) is 20.2 Å². The van der Waals surface area contributed by atoms with Crippen LogP contribution >= 0.6 is 0 Å². The average molecular weight is 305 g/mol. The zero-order chi connectivity index (χ0) is 16.8. The monoisotopic (exact) mass is 304 g/mol. The van der Waals surface area contributed by atoms with Crippen LogP contribution in [-0.4, -0.2) is 5.11 Å². The lowest BCUT2D eigenvalue weighted by Gasteiger charge is -2.33. The Balaban J connectivity index is 2.76. The molecule has 0 fully saturated rings. The second-order valence-corrected chi connectivity index (χ2v) is 8.63. The highest BCUT2D eigenvalue weighted by molar-refractivity contribution is 5.39. The van der Waals surface area contributed by atoms with Crippen LogP contribution in [0.5, 0.6) is 5.75 Å². The van der Waals surface area contributed by atoms with Crippen LogP contribution in [0.4, 0.5) is 0 Å². The fourth-order valence-electron chi connectivity index (χ4n) is 3.55. The maximum absolute atomic E-state index is 10.1. The highest BCUT2D eigenvalue weighted by atomic mass is 16.3. The summed E-state index contributed by atoms with van der Waals surface area (Å²) in [6.45, 7) is 13.8. The molecular weight excluding hydrogens is 268 g/mol. The number of benzene rings is 1. The number of rotatable bonds is 8. The molecule has 1 N–H and O–H groups in total. The molecule has 1 rings (SSSR count). The van der Waals surface area contributed by atoms with E-state index in [1.165, 1.54) is 37.7 Å². The van der Waals surface area contributed by atoms with Gasteiger partial charge in [0.05, 0.1) is 0 Å². The smallest absolute Gasteiger partial charge is 0.118 e. The Kier molecular flexibility index (Phi) is 6.97. The van der Waals surface area contributed by atoms with E-state index in [0.717, 1.165) is 18.4 Å². The fourth-order valence-corrected chi connectivity index (χ4v) is 3.55. The quantitative estimate of drug-likeness (QED) is 0.535. The summed E-state index contributed by atoms with van der Waals surface area (Å²) in [5.74, 6) is 0.464. The van der Waals surface area contributed by atoms with Crippen molar-refractivity contribution < 1.29 is 5.11 Å². The fraction of sp³-hybridized carbons (Fsp3) is 0.714. The van der Waals surface area contributed by atoms with Crippen LogP contribution in [0.1, 0.15) is 91.2 Å². The van der Waals surface area contributed by atoms with Gasteiger partial charge >= 0.3 is 0 Å². The van der Waals surface area contributed by atoms with Crippen molar-refractivity contribution in [1.29, 1.82) is 0 Å². The van der Waals surface area contributed by atoms with E-state index in [-0.39, 0.29) is 5.41 Å². The summed E-state index contributed by atoms with van der Waals surface area (Å²) in [6, 6.07) is 6.23. The minimum absolute atomic E-state index is 0.142. The highest BCUT2D eigenvalue weighted by Crippen LogP contribution is 2.37. The lowest BCUT2D eigenvalue weighted by molar-refractivity contribution is 0.284. The highest BCUT2D eigenvalue weighted by Gasteiger charge is 2.27. The van der Waals surface area contributed by atoms with Gasteiger partial charge in [-0.05, 0) is 47.3 Å². The van der Waals surface area contributed by atoms with Crippen LogP contribution in [-0.2, 0) is 11.8 Å². The van der Waals surface area contributed by atoms with Gasteiger partial charge in [-0.25, -0.2) is 0 Å². The largest absolute Gasteiger partial charge is 0.508 e. The molecule has 0 saturated heterocycles. The normalized spacial score (nSPS) is 12.6. The molecule has 0 saturated carbocycles. The predicted octanol–water partition coefficient (Wildman–Crippen LogP) is 6.62. The third-order valence-electron chi connectivity index (χ3n) is 4.38. The SMILES string of the molecule is CCCCCCCc1cc(C(C)(C)CC(C)(C)C)ccc1O. The minimum atomic E-state index is 0.142. The molecule has 0 atom stereocenters. The Morgan fingerprint density at radius 3 is 2.14 bits per heavy atom. The second-order valence-electron chi connectivity index (χ2n) is 8.63. The first kappa shape index (κ1) is 19.1. The van der Waals surface area contributed by atoms with E-state index in [4.69, 9.17) is 0 Å². The molecule has 1 aromatic rings. The Morgan fingerprint density at radius 2 is 1.55 bits per heavy atom. The van der Waals surface area contributed by atoms with Crippen molar-refractivity contribution in [3.63, 3.8) is 0 Å². The van der Waals surface area contributed by atoms with Gasteiger partial charge in [-0.1, -0.05) is 79.4 Å². The summed E-state index contributed by atoms with van der Waals surface area (Å²) in [4.78, 5) is 0. The third kappa shape index (κ3) is 6.42. The molecule has 0 aliphatic heterocycles. The maximum atomic E-state index is 10.1. The van der Waals surface area contributed by atoms with E-state index in [0.29, 0.717) is 11.2 Å². The molecule has 0 aliphatic carbocycles. The van der Waals surface area contributed by atoms with E-state index in [9.17, 15) is 5.11 Å². The van der Waals surface area contributed by atoms with Gasteiger partial charge < -0.3 is 5.11 Å². The number of hydrogen-bond acceptors (Lipinski definition) is 1. The summed E-state index contributed by atoms with van der Waals surface area (Å²) in [6.07, 6.45) is 8.49. The van der Waals surface area contributed by atoms with E-state index >= 15 is 0 Å². The molecule has 0 amide bonds. The minimum Gasteiger partial charge on any atom is -0.508 e. The van der Waals surface area contributed by atoms with Crippen LogP contribution in [0, 0.1) is 5.41 Å². The first-order valence-electron chi connectivity index (χ1n) is 8.98. The Hall–Kier alpha value is -0.980. The molecular formula is C21H36O. The third-order valence-corrected chi connectivity index (χ3v) is 4.38. The number of unbranched alkanes of at least 4 members (excludes halogenated alkanes) is 4. The van der Waals surface area contributed by atoms with Crippen LogP contribution in [0.25, 0.3) is 0 Å². The zero-order valence-electron chi connectivity index (χ0n) is 15.6. The number of aryl methyl sites for hydroxylation is 1. The van der Waals surface area contributed by atoms with Crippen LogP contribution in [0.3, 0.4) is 0 Å². The Bertz CT molecular complexity index is 451. The lowest BCUT2D eigenvalue weighted by Crippen LogP contribution is -2.24. The molecule has 0 aromatic heterocycles. The van der Waals surface area contributed by atoms with Gasteiger partial charge in [0.1, 0.15) is 5.75 Å². The number of hydrogen-bond donors (Lipinski definition) is 1. The van der Waals surface area contributed by atoms with E-state index in [2.05, 4.69) is 53.7 Å². The average Bonchev–Trinajstić information content (AvgIpc) is 2.37. The van der Waals surface area contributed by atoms with Gasteiger partial charge in [0.15, 0.2) is 0 Å². The molecule has 0 bridgehead atoms. The standard InChI is InChI=1S/C21H36O/c1-7-8-9-10-11-12-17-15-18(13-14-19(17)22)21(5,6)16-20(2,3)4/h13-15,22H,7-12,16H2,1-6H3. The van der Waals surface area contributed by atoms with Crippen molar-refractivity contribution >= 4 is 0 Å². The van der Waals surface area contributed by atoms with Gasteiger partial charge in [-0.3, -0.25) is 0 Å². The Morgan fingerprint density at radius 1 is 0.909 bits per heavy atom. The molecule has 126 valence electrons. The summed E-state index contributed by atoms with van der Waals surface area (Å²) in [5, 5.41) is 10.1. The van der Waals surface area contributed by atoms with E-state index in [1.54, 1.807) is 0 Å². The number of phenolic OH excluding ortho intramolecular Hbond substituents is 1. The summed E-state index contributed by atoms with van der Waals surface area (Å²) >= 11 is 0. The molecule has 0 spiro atoms. The number of phenols is 1. The van der Waals surface area contributed by atoms with Gasteiger partial charge in [0.25, 0.3) is 0 Å². The first-order chi connectivity index (χ1) is 10.2. The van der Waals surface area contributed by atoms with Gasteiger partial charge in [0, 0.05) is 0 Å². The van der Waals surface area contributed by atoms with Crippen molar-refractivity contribution in [3.05, 3.63) is 29.3 Å². The van der Waals surface area contributed by atoms with Crippen molar-refractivity contribution in [2.75, 3.05) is 0 Å². The lowest BCUT2D eigenvalue weighted by atomic mass is 9.72. The van der Waals surface area contributed by atoms with Crippen molar-refractivity contribution in [2.24, 2.45) is 5.41 Å². The molecule has 0 unspecified atom stereocenters. The molecule has 0 radical (unpaired) electrons. The van der Waals surface area contributed by atoms with Crippen LogP contribution in [0.15, 0.2) is 18.2 Å². The first-order valence-corrected chi connectivity index (χ1v) is 8.98. The summed E-state index contributed by atoms with van der Waals surface area (Å²) < 4.78 is 0. The van der Waals surface area contributed by atoms with Crippen LogP contribution in [0.2, 0.25) is 0 Å². The van der Waals surface area contributed by atoms with E-state index in [1.807, 2.05) is 6.07 Å². The molecule has 0 heterocycles. The van der Waals surface area contributed by atoms with E-state index < -0.39 is 0 Å². The van der Waals surface area contributed by atoms with Crippen molar-refractivity contribution in [2.45, 2.75) is 91.9 Å². The molecule has 1 aromatic carbocycles. The molecule has 22 heavy (non-hydrogen) atoms. The van der Waals surface area contributed by atoms with Crippen LogP contribution < -0.4 is 0 Å². The predicted molar refractivity (Wildman–Crippen MR) is 97.7 cm³/mol. The van der Waals surface area contributed by atoms with Gasteiger partial charge in [0.2, 0.25) is 0 Å². The van der Waals surface area contributed by atoms with Gasteiger partial charge in [-0.2, -0.15) is 0 Å². The summed E-state index contributed by atoms with van der Waals surface area (Å²) in [7, 11) is 0. The number of aromatic hydroxyl groups is 1. The maximum Gasteiger partial charge on any atom is 0.118 e. The summed E-state index contributed by atoms with van der Waals surface area (Å²) in [5.41, 5.74) is 2.92. The van der Waals surface area contributed by atoms with Crippen molar-refractivity contribution in [1.82, 2.24) is 0 Å².